The smallest absolute Gasteiger partial charge is 0.336 e. The van der Waals surface area contributed by atoms with Gasteiger partial charge < -0.3 is 10.1 Å². The van der Waals surface area contributed by atoms with Crippen molar-refractivity contribution in [1.29, 1.82) is 0 Å². The Bertz CT molecular complexity index is 585. The maximum absolute atomic E-state index is 11.5. The van der Waals surface area contributed by atoms with Crippen molar-refractivity contribution in [2.75, 3.05) is 18.5 Å². The maximum Gasteiger partial charge on any atom is 0.336 e. The van der Waals surface area contributed by atoms with Gasteiger partial charge in [0.2, 0.25) is 11.2 Å². The van der Waals surface area contributed by atoms with Crippen molar-refractivity contribution in [2.24, 2.45) is 4.99 Å². The number of carbonyl (C=O) groups is 1. The lowest BCUT2D eigenvalue weighted by Crippen LogP contribution is -2.12. The van der Waals surface area contributed by atoms with Gasteiger partial charge in [0, 0.05) is 6.42 Å². The van der Waals surface area contributed by atoms with Gasteiger partial charge in [-0.1, -0.05) is 6.92 Å². The molecule has 0 spiro atoms. The van der Waals surface area contributed by atoms with Crippen molar-refractivity contribution in [3.05, 3.63) is 22.8 Å². The summed E-state index contributed by atoms with van der Waals surface area (Å²) in [6, 6.07) is 0. The van der Waals surface area contributed by atoms with Gasteiger partial charge in [0.05, 0.1) is 18.7 Å². The number of hydrogen-bond acceptors (Lipinski definition) is 7. The Morgan fingerprint density at radius 3 is 2.90 bits per heavy atom. The van der Waals surface area contributed by atoms with Crippen LogP contribution in [0.3, 0.4) is 0 Å². The molecule has 8 heteroatoms. The van der Waals surface area contributed by atoms with Crippen molar-refractivity contribution in [1.82, 2.24) is 15.0 Å². The molecule has 1 aliphatic heterocycles. The van der Waals surface area contributed by atoms with E-state index >= 15 is 0 Å². The first-order chi connectivity index (χ1) is 9.62. The largest absolute Gasteiger partial charge is 0.463 e. The van der Waals surface area contributed by atoms with Crippen LogP contribution in [0, 0.1) is 0 Å². The van der Waals surface area contributed by atoms with E-state index in [9.17, 15) is 4.79 Å². The maximum atomic E-state index is 11.5. The number of halogens is 1. The molecule has 2 rings (SSSR count). The molecule has 2 heterocycles. The average Bonchev–Trinajstić information content (AvgIpc) is 2.87. The van der Waals surface area contributed by atoms with Crippen molar-refractivity contribution in [2.45, 2.75) is 20.3 Å². The van der Waals surface area contributed by atoms with Crippen LogP contribution in [0.2, 0.25) is 5.28 Å². The highest BCUT2D eigenvalue weighted by Gasteiger charge is 2.17. The summed E-state index contributed by atoms with van der Waals surface area (Å²) >= 11 is 5.80. The highest BCUT2D eigenvalue weighted by Crippen LogP contribution is 2.11. The molecule has 7 nitrogen and oxygen atoms in total. The molecule has 0 radical (unpaired) electrons. The third-order valence-corrected chi connectivity index (χ3v) is 2.65. The molecule has 1 aromatic rings. The van der Waals surface area contributed by atoms with Crippen molar-refractivity contribution >= 4 is 29.4 Å². The minimum Gasteiger partial charge on any atom is -0.463 e. The lowest BCUT2D eigenvalue weighted by Gasteiger charge is -2.04. The zero-order valence-electron chi connectivity index (χ0n) is 11.2. The fourth-order valence-electron chi connectivity index (χ4n) is 1.57. The van der Waals surface area contributed by atoms with Gasteiger partial charge in [0.15, 0.2) is 0 Å². The van der Waals surface area contributed by atoms with E-state index in [1.165, 1.54) is 0 Å². The molecule has 0 fully saturated rings. The predicted molar refractivity (Wildman–Crippen MR) is 74.9 cm³/mol. The number of nitrogens with one attached hydrogen (secondary N) is 1. The van der Waals surface area contributed by atoms with E-state index in [-0.39, 0.29) is 17.8 Å². The third-order valence-electron chi connectivity index (χ3n) is 2.48. The Labute approximate surface area is 121 Å². The molecule has 1 aliphatic rings. The number of carbonyl (C=O) groups excluding carboxylic acids is 1. The molecule has 20 heavy (non-hydrogen) atoms. The molecule has 0 aromatic carbocycles. The Morgan fingerprint density at radius 1 is 1.40 bits per heavy atom. The monoisotopic (exact) mass is 295 g/mol. The number of esters is 1. The first-order valence-corrected chi connectivity index (χ1v) is 6.59. The zero-order valence-corrected chi connectivity index (χ0v) is 11.9. The van der Waals surface area contributed by atoms with Crippen LogP contribution in [0.25, 0.3) is 0 Å². The minimum atomic E-state index is -0.365. The van der Waals surface area contributed by atoms with Crippen LogP contribution in [0.15, 0.2) is 16.6 Å². The summed E-state index contributed by atoms with van der Waals surface area (Å²) in [5.74, 6) is 1.02. The SMILES string of the molecule is CCOC(=O)C1=CC(Nc2nc(Cl)nc(CC)n2)=NC1. The van der Waals surface area contributed by atoms with Gasteiger partial charge in [-0.15, -0.1) is 0 Å². The summed E-state index contributed by atoms with van der Waals surface area (Å²) in [5.41, 5.74) is 0.491. The molecule has 0 bridgehead atoms. The van der Waals surface area contributed by atoms with Gasteiger partial charge in [0.1, 0.15) is 11.7 Å². The second kappa shape index (κ2) is 6.42. The van der Waals surface area contributed by atoms with Gasteiger partial charge in [-0.3, -0.25) is 4.99 Å². The number of nitrogens with zero attached hydrogens (tertiary/aromatic N) is 4. The normalized spacial score (nSPS) is 13.8. The number of aryl methyl sites for hydroxylation is 1. The third kappa shape index (κ3) is 3.51. The van der Waals surface area contributed by atoms with Gasteiger partial charge in [0.25, 0.3) is 0 Å². The van der Waals surface area contributed by atoms with Crippen LogP contribution in [0.1, 0.15) is 19.7 Å². The number of rotatable bonds is 4. The molecular weight excluding hydrogens is 282 g/mol. The Balaban J connectivity index is 2.08. The number of anilines is 1. The lowest BCUT2D eigenvalue weighted by atomic mass is 10.3. The average molecular weight is 296 g/mol. The van der Waals surface area contributed by atoms with E-state index in [0.717, 1.165) is 0 Å². The second-order valence-electron chi connectivity index (χ2n) is 3.91. The summed E-state index contributed by atoms with van der Waals surface area (Å²) in [7, 11) is 0. The highest BCUT2D eigenvalue weighted by molar-refractivity contribution is 6.28. The van der Waals surface area contributed by atoms with Gasteiger partial charge in [-0.25, -0.2) is 9.78 Å². The lowest BCUT2D eigenvalue weighted by molar-refractivity contribution is -0.138. The van der Waals surface area contributed by atoms with Crippen LogP contribution in [-0.4, -0.2) is 39.9 Å². The van der Waals surface area contributed by atoms with Crippen LogP contribution in [0.5, 0.6) is 0 Å². The van der Waals surface area contributed by atoms with Crippen LogP contribution >= 0.6 is 11.6 Å². The molecule has 1 N–H and O–H groups in total. The molecule has 0 saturated carbocycles. The summed E-state index contributed by atoms with van der Waals surface area (Å²) in [4.78, 5) is 27.8. The van der Waals surface area contributed by atoms with E-state index in [0.29, 0.717) is 36.2 Å². The standard InChI is InChI=1S/C12H14ClN5O2/c1-3-8-15-11(13)18-12(16-8)17-9-5-7(6-14-9)10(19)20-4-2/h5H,3-4,6H2,1-2H3,(H,14,15,16,17,18). The number of ether oxygens (including phenoxy) is 1. The molecular formula is C12H14ClN5O2. The predicted octanol–water partition coefficient (Wildman–Crippen LogP) is 1.40. The van der Waals surface area contributed by atoms with Crippen molar-refractivity contribution in [3.63, 3.8) is 0 Å². The van der Waals surface area contributed by atoms with Crippen molar-refractivity contribution in [3.8, 4) is 0 Å². The topological polar surface area (TPSA) is 89.4 Å². The molecule has 106 valence electrons. The number of amidine groups is 1. The second-order valence-corrected chi connectivity index (χ2v) is 4.25. The summed E-state index contributed by atoms with van der Waals surface area (Å²) in [6.45, 7) is 4.29. The van der Waals surface area contributed by atoms with Crippen molar-refractivity contribution < 1.29 is 9.53 Å². The molecule has 0 saturated heterocycles. The number of aliphatic imine (C=N–C) groups is 1. The van der Waals surface area contributed by atoms with E-state index in [2.05, 4.69) is 25.3 Å². The minimum absolute atomic E-state index is 0.118. The van der Waals surface area contributed by atoms with Crippen LogP contribution in [0.4, 0.5) is 5.95 Å². The summed E-state index contributed by atoms with van der Waals surface area (Å²) < 4.78 is 4.91. The van der Waals surface area contributed by atoms with Gasteiger partial charge in [-0.05, 0) is 24.6 Å². The number of aromatic nitrogens is 3. The van der Waals surface area contributed by atoms with Gasteiger partial charge >= 0.3 is 5.97 Å². The quantitative estimate of drug-likeness (QED) is 0.845. The van der Waals surface area contributed by atoms with E-state index in [1.54, 1.807) is 13.0 Å². The zero-order chi connectivity index (χ0) is 14.5. The summed E-state index contributed by atoms with van der Waals surface area (Å²) in [6.07, 6.45) is 2.26. The Hall–Kier alpha value is -2.02. The van der Waals surface area contributed by atoms with E-state index < -0.39 is 0 Å². The van der Waals surface area contributed by atoms with E-state index in [1.807, 2.05) is 6.92 Å². The molecule has 0 atom stereocenters. The Kier molecular flexibility index (Phi) is 4.62. The molecule has 0 aliphatic carbocycles. The van der Waals surface area contributed by atoms with Crippen LogP contribution < -0.4 is 5.32 Å². The fourth-order valence-corrected chi connectivity index (χ4v) is 1.75. The first-order valence-electron chi connectivity index (χ1n) is 6.22. The van der Waals surface area contributed by atoms with Gasteiger partial charge in [-0.2, -0.15) is 9.97 Å². The fraction of sp³-hybridized carbons (Fsp3) is 0.417. The molecule has 0 unspecified atom stereocenters. The first kappa shape index (κ1) is 14.4. The van der Waals surface area contributed by atoms with E-state index in [4.69, 9.17) is 16.3 Å². The van der Waals surface area contributed by atoms with Crippen LogP contribution in [-0.2, 0) is 16.0 Å². The Morgan fingerprint density at radius 2 is 2.20 bits per heavy atom. The number of hydrogen-bond donors (Lipinski definition) is 1. The molecule has 1 aromatic heterocycles. The summed E-state index contributed by atoms with van der Waals surface area (Å²) in [5, 5.41) is 3.02. The highest BCUT2D eigenvalue weighted by atomic mass is 35.5. The molecule has 0 amide bonds.